The number of benzene rings is 3. The second-order valence-corrected chi connectivity index (χ2v) is 6.54. The highest BCUT2D eigenvalue weighted by Crippen LogP contribution is 2.45. The Bertz CT molecular complexity index is 880. The second-order valence-electron chi connectivity index (χ2n) is 5.52. The topological polar surface area (TPSA) is 55.6 Å². The van der Waals surface area contributed by atoms with Gasteiger partial charge in [-0.05, 0) is 42.3 Å². The smallest absolute Gasteiger partial charge is 0.269 e. The number of hydrogen-bond acceptors (Lipinski definition) is 5. The lowest BCUT2D eigenvalue weighted by Gasteiger charge is -2.24. The number of ether oxygens (including phenoxy) is 1. The molecule has 5 nitrogen and oxygen atoms in total. The van der Waals surface area contributed by atoms with Gasteiger partial charge in [-0.3, -0.25) is 14.4 Å². The molecular weight excluding hydrogens is 336 g/mol. The molecule has 0 fully saturated rings. The highest BCUT2D eigenvalue weighted by Gasteiger charge is 2.22. The van der Waals surface area contributed by atoms with Crippen LogP contribution in [0.15, 0.2) is 77.7 Å². The van der Waals surface area contributed by atoms with Gasteiger partial charge in [0.2, 0.25) is 0 Å². The molecule has 6 heteroatoms. The number of para-hydroxylation sites is 3. The third-order valence-electron chi connectivity index (χ3n) is 3.92. The van der Waals surface area contributed by atoms with Crippen molar-refractivity contribution in [2.75, 3.05) is 4.31 Å². The minimum atomic E-state index is -0.390. The van der Waals surface area contributed by atoms with Crippen molar-refractivity contribution in [3.8, 4) is 5.75 Å². The van der Waals surface area contributed by atoms with E-state index < -0.39 is 4.92 Å². The Morgan fingerprint density at radius 3 is 2.36 bits per heavy atom. The summed E-state index contributed by atoms with van der Waals surface area (Å²) in [5.74, 6) is 0.813. The molecule has 0 atom stereocenters. The maximum atomic E-state index is 10.8. The summed E-state index contributed by atoms with van der Waals surface area (Å²) in [7, 11) is 0. The van der Waals surface area contributed by atoms with Crippen molar-refractivity contribution in [2.45, 2.75) is 11.5 Å². The highest BCUT2D eigenvalue weighted by atomic mass is 32.2. The molecule has 0 radical (unpaired) electrons. The number of rotatable bonds is 3. The van der Waals surface area contributed by atoms with Gasteiger partial charge in [0.15, 0.2) is 0 Å². The fraction of sp³-hybridized carbons (Fsp3) is 0.0526. The molecule has 0 saturated heterocycles. The Morgan fingerprint density at radius 1 is 0.920 bits per heavy atom. The number of non-ortho nitro benzene ring substituents is 1. The van der Waals surface area contributed by atoms with Crippen molar-refractivity contribution in [1.82, 2.24) is 0 Å². The van der Waals surface area contributed by atoms with Crippen LogP contribution in [0.5, 0.6) is 5.75 Å². The molecule has 1 aliphatic heterocycles. The summed E-state index contributed by atoms with van der Waals surface area (Å²) >= 11 is 1.51. The first-order valence-electron chi connectivity index (χ1n) is 7.75. The lowest BCUT2D eigenvalue weighted by molar-refractivity contribution is -0.384. The fourth-order valence-electron chi connectivity index (χ4n) is 2.70. The summed E-state index contributed by atoms with van der Waals surface area (Å²) in [4.78, 5) is 11.4. The van der Waals surface area contributed by atoms with Crippen LogP contribution in [0.25, 0.3) is 0 Å². The summed E-state index contributed by atoms with van der Waals surface area (Å²) in [6.07, 6.45) is 0. The molecule has 3 aromatic rings. The van der Waals surface area contributed by atoms with Crippen molar-refractivity contribution in [2.24, 2.45) is 0 Å². The van der Waals surface area contributed by atoms with Gasteiger partial charge >= 0.3 is 0 Å². The van der Waals surface area contributed by atoms with E-state index in [0.29, 0.717) is 6.61 Å². The Balaban J connectivity index is 1.76. The van der Waals surface area contributed by atoms with Gasteiger partial charge in [0, 0.05) is 22.6 Å². The molecule has 124 valence electrons. The van der Waals surface area contributed by atoms with Gasteiger partial charge in [0.1, 0.15) is 12.4 Å². The Kier molecular flexibility index (Phi) is 4.03. The van der Waals surface area contributed by atoms with Gasteiger partial charge in [-0.25, -0.2) is 0 Å². The van der Waals surface area contributed by atoms with Crippen LogP contribution in [0.2, 0.25) is 0 Å². The largest absolute Gasteiger partial charge is 0.487 e. The third kappa shape index (κ3) is 3.04. The molecular formula is C19H14N2O3S. The standard InChI is InChI=1S/C19H14N2O3S/c22-21(23)15-9-11-16(12-10-15)25-20-17-6-2-1-5-14(17)13-24-19-8-4-3-7-18(19)20/h1-12H,13H2. The van der Waals surface area contributed by atoms with Crippen LogP contribution >= 0.6 is 11.9 Å². The fourth-order valence-corrected chi connectivity index (χ4v) is 3.69. The van der Waals surface area contributed by atoms with E-state index in [2.05, 4.69) is 10.4 Å². The molecule has 0 saturated carbocycles. The zero-order chi connectivity index (χ0) is 17.2. The van der Waals surface area contributed by atoms with Crippen LogP contribution in [-0.4, -0.2) is 4.92 Å². The van der Waals surface area contributed by atoms with Gasteiger partial charge < -0.3 is 4.74 Å². The van der Waals surface area contributed by atoms with Crippen molar-refractivity contribution >= 4 is 29.0 Å². The minimum absolute atomic E-state index is 0.0874. The van der Waals surface area contributed by atoms with Gasteiger partial charge in [0.25, 0.3) is 5.69 Å². The summed E-state index contributed by atoms with van der Waals surface area (Å²) in [5, 5.41) is 10.8. The SMILES string of the molecule is O=[N+]([O-])c1ccc(SN2c3ccccc3COc3ccccc32)cc1. The summed E-state index contributed by atoms with van der Waals surface area (Å²) in [5.41, 5.74) is 3.18. The van der Waals surface area contributed by atoms with Crippen molar-refractivity contribution in [3.63, 3.8) is 0 Å². The van der Waals surface area contributed by atoms with E-state index in [9.17, 15) is 10.1 Å². The van der Waals surface area contributed by atoms with Gasteiger partial charge in [0.05, 0.1) is 16.3 Å². The summed E-state index contributed by atoms with van der Waals surface area (Å²) in [6, 6.07) is 22.5. The molecule has 1 aliphatic rings. The Labute approximate surface area is 149 Å². The molecule has 25 heavy (non-hydrogen) atoms. The lowest BCUT2D eigenvalue weighted by atomic mass is 10.2. The molecule has 0 unspecified atom stereocenters. The number of nitro groups is 1. The molecule has 1 heterocycles. The molecule has 0 aromatic heterocycles. The maximum Gasteiger partial charge on any atom is 0.269 e. The highest BCUT2D eigenvalue weighted by molar-refractivity contribution is 8.01. The molecule has 0 amide bonds. The summed E-state index contributed by atoms with van der Waals surface area (Å²) in [6.45, 7) is 0.504. The molecule has 3 aromatic carbocycles. The van der Waals surface area contributed by atoms with E-state index in [1.165, 1.54) is 24.1 Å². The molecule has 0 aliphatic carbocycles. The van der Waals surface area contributed by atoms with Crippen molar-refractivity contribution in [1.29, 1.82) is 0 Å². The average Bonchev–Trinajstić information content (AvgIpc) is 2.80. The van der Waals surface area contributed by atoms with Gasteiger partial charge in [-0.1, -0.05) is 30.3 Å². The van der Waals surface area contributed by atoms with E-state index in [4.69, 9.17) is 4.74 Å². The number of nitrogens with zero attached hydrogens (tertiary/aromatic N) is 2. The number of nitro benzene ring substituents is 1. The summed E-state index contributed by atoms with van der Waals surface area (Å²) < 4.78 is 8.06. The van der Waals surface area contributed by atoms with Gasteiger partial charge in [-0.2, -0.15) is 0 Å². The zero-order valence-electron chi connectivity index (χ0n) is 13.2. The van der Waals surface area contributed by atoms with E-state index in [0.717, 1.165) is 27.6 Å². The lowest BCUT2D eigenvalue weighted by Crippen LogP contribution is -2.07. The van der Waals surface area contributed by atoms with E-state index in [1.54, 1.807) is 12.1 Å². The number of anilines is 2. The van der Waals surface area contributed by atoms with E-state index in [1.807, 2.05) is 42.5 Å². The third-order valence-corrected chi connectivity index (χ3v) is 4.98. The van der Waals surface area contributed by atoms with E-state index in [-0.39, 0.29) is 5.69 Å². The molecule has 4 rings (SSSR count). The average molecular weight is 350 g/mol. The van der Waals surface area contributed by atoms with Crippen LogP contribution in [-0.2, 0) is 6.61 Å². The normalized spacial score (nSPS) is 12.6. The van der Waals surface area contributed by atoms with Crippen LogP contribution in [0.3, 0.4) is 0 Å². The van der Waals surface area contributed by atoms with Crippen LogP contribution in [0, 0.1) is 10.1 Å². The zero-order valence-corrected chi connectivity index (χ0v) is 14.0. The first-order chi connectivity index (χ1) is 12.2. The first-order valence-corrected chi connectivity index (χ1v) is 8.52. The van der Waals surface area contributed by atoms with E-state index >= 15 is 0 Å². The van der Waals surface area contributed by atoms with Crippen LogP contribution in [0.1, 0.15) is 5.56 Å². The number of hydrogen-bond donors (Lipinski definition) is 0. The van der Waals surface area contributed by atoms with Crippen molar-refractivity contribution < 1.29 is 9.66 Å². The van der Waals surface area contributed by atoms with Gasteiger partial charge in [-0.15, -0.1) is 0 Å². The monoisotopic (exact) mass is 350 g/mol. The van der Waals surface area contributed by atoms with Crippen LogP contribution in [0.4, 0.5) is 17.1 Å². The molecule has 0 bridgehead atoms. The first kappa shape index (κ1) is 15.5. The Hall–Kier alpha value is -2.99. The maximum absolute atomic E-state index is 10.8. The predicted octanol–water partition coefficient (Wildman–Crippen LogP) is 5.33. The molecule has 0 N–H and O–H groups in total. The quantitative estimate of drug-likeness (QED) is 0.363. The Morgan fingerprint density at radius 2 is 1.60 bits per heavy atom. The second kappa shape index (κ2) is 6.49. The number of fused-ring (bicyclic) bond motifs is 2. The molecule has 0 spiro atoms. The van der Waals surface area contributed by atoms with Crippen LogP contribution < -0.4 is 9.04 Å². The minimum Gasteiger partial charge on any atom is -0.487 e. The predicted molar refractivity (Wildman–Crippen MR) is 98.3 cm³/mol. The van der Waals surface area contributed by atoms with Crippen molar-refractivity contribution in [3.05, 3.63) is 88.5 Å².